The lowest BCUT2D eigenvalue weighted by Gasteiger charge is -2.46. The largest absolute Gasteiger partial charge is 0.207 e. The molecule has 2 aliphatic rings. The Labute approximate surface area is 167 Å². The summed E-state index contributed by atoms with van der Waals surface area (Å²) in [7, 11) is 0. The second-order valence-electron chi connectivity index (χ2n) is 8.17. The van der Waals surface area contributed by atoms with Crippen molar-refractivity contribution in [2.75, 3.05) is 0 Å². The summed E-state index contributed by atoms with van der Waals surface area (Å²) in [6, 6.07) is 4.48. The summed E-state index contributed by atoms with van der Waals surface area (Å²) in [5.41, 5.74) is 1.64. The summed E-state index contributed by atoms with van der Waals surface area (Å²) in [4.78, 5) is 0. The average molecular weight is 406 g/mol. The highest BCUT2D eigenvalue weighted by Gasteiger charge is 2.43. The minimum absolute atomic E-state index is 0.0202. The minimum atomic E-state index is -1.47. The Morgan fingerprint density at radius 3 is 2.31 bits per heavy atom. The molecule has 1 fully saturated rings. The Morgan fingerprint density at radius 2 is 1.62 bits per heavy atom. The SMILES string of the molecule is CCC=C[C@@H]1CC[C@H]2c3cc(F)cc(F)c3CC[C@@H]2[C@H]1c1cc(F)c(F)c(F)c1. The van der Waals surface area contributed by atoms with Crippen LogP contribution >= 0.6 is 0 Å². The molecule has 0 saturated heterocycles. The van der Waals surface area contributed by atoms with Crippen molar-refractivity contribution in [2.45, 2.75) is 50.9 Å². The molecule has 2 aromatic carbocycles. The molecule has 2 aromatic rings. The van der Waals surface area contributed by atoms with Crippen LogP contribution in [0.5, 0.6) is 0 Å². The fourth-order valence-electron chi connectivity index (χ4n) is 5.42. The van der Waals surface area contributed by atoms with Gasteiger partial charge in [0.05, 0.1) is 0 Å². The predicted molar refractivity (Wildman–Crippen MR) is 102 cm³/mol. The molecule has 0 unspecified atom stereocenters. The molecule has 29 heavy (non-hydrogen) atoms. The Kier molecular flexibility index (Phi) is 5.50. The summed E-state index contributed by atoms with van der Waals surface area (Å²) in [6.07, 6.45) is 7.52. The third-order valence-electron chi connectivity index (χ3n) is 6.58. The van der Waals surface area contributed by atoms with Crippen molar-refractivity contribution in [1.29, 1.82) is 0 Å². The van der Waals surface area contributed by atoms with E-state index >= 15 is 0 Å². The van der Waals surface area contributed by atoms with Gasteiger partial charge < -0.3 is 0 Å². The van der Waals surface area contributed by atoms with Crippen molar-refractivity contribution >= 4 is 0 Å². The van der Waals surface area contributed by atoms with Crippen molar-refractivity contribution < 1.29 is 22.0 Å². The molecule has 0 radical (unpaired) electrons. The van der Waals surface area contributed by atoms with Crippen LogP contribution in [0.3, 0.4) is 0 Å². The summed E-state index contributed by atoms with van der Waals surface area (Å²) in [5, 5.41) is 0. The molecule has 0 bridgehead atoms. The van der Waals surface area contributed by atoms with Gasteiger partial charge in [-0.3, -0.25) is 0 Å². The first-order valence-corrected chi connectivity index (χ1v) is 10.2. The molecule has 0 nitrogen and oxygen atoms in total. The fraction of sp³-hybridized carbons (Fsp3) is 0.417. The lowest BCUT2D eigenvalue weighted by molar-refractivity contribution is 0.193. The highest BCUT2D eigenvalue weighted by molar-refractivity contribution is 5.38. The first-order chi connectivity index (χ1) is 13.9. The molecule has 0 aliphatic heterocycles. The monoisotopic (exact) mass is 406 g/mol. The third-order valence-corrected chi connectivity index (χ3v) is 6.58. The Hall–Kier alpha value is -2.17. The van der Waals surface area contributed by atoms with E-state index in [-0.39, 0.29) is 23.7 Å². The van der Waals surface area contributed by atoms with E-state index in [4.69, 9.17) is 0 Å². The predicted octanol–water partition coefficient (Wildman–Crippen LogP) is 7.19. The molecule has 0 aromatic heterocycles. The smallest absolute Gasteiger partial charge is 0.194 e. The number of hydrogen-bond donors (Lipinski definition) is 0. The van der Waals surface area contributed by atoms with Gasteiger partial charge in [0.25, 0.3) is 0 Å². The number of rotatable bonds is 3. The zero-order valence-corrected chi connectivity index (χ0v) is 16.2. The van der Waals surface area contributed by atoms with Crippen molar-refractivity contribution in [3.05, 3.63) is 82.2 Å². The summed E-state index contributed by atoms with van der Waals surface area (Å²) < 4.78 is 69.8. The molecular weight excluding hydrogens is 383 g/mol. The number of benzene rings is 2. The highest BCUT2D eigenvalue weighted by Crippen LogP contribution is 2.54. The molecule has 154 valence electrons. The molecule has 2 aliphatic carbocycles. The summed E-state index contributed by atoms with van der Waals surface area (Å²) in [5.74, 6) is -5.31. The van der Waals surface area contributed by atoms with Crippen LogP contribution in [0, 0.1) is 40.9 Å². The quantitative estimate of drug-likeness (QED) is 0.288. The van der Waals surface area contributed by atoms with Crippen LogP contribution in [0.4, 0.5) is 22.0 Å². The van der Waals surface area contributed by atoms with Crippen LogP contribution in [0.2, 0.25) is 0 Å². The van der Waals surface area contributed by atoms with Gasteiger partial charge in [0.15, 0.2) is 17.5 Å². The minimum Gasteiger partial charge on any atom is -0.207 e. The Bertz CT molecular complexity index is 926. The zero-order valence-electron chi connectivity index (χ0n) is 16.2. The van der Waals surface area contributed by atoms with E-state index in [1.165, 1.54) is 6.07 Å². The van der Waals surface area contributed by atoms with E-state index in [0.717, 1.165) is 37.5 Å². The maximum atomic E-state index is 14.3. The van der Waals surface area contributed by atoms with E-state index in [0.29, 0.717) is 29.5 Å². The summed E-state index contributed by atoms with van der Waals surface area (Å²) in [6.45, 7) is 2.01. The van der Waals surface area contributed by atoms with Crippen molar-refractivity contribution in [3.8, 4) is 0 Å². The van der Waals surface area contributed by atoms with Crippen LogP contribution in [0.1, 0.15) is 61.1 Å². The van der Waals surface area contributed by atoms with E-state index in [9.17, 15) is 22.0 Å². The molecular formula is C24H23F5. The summed E-state index contributed by atoms with van der Waals surface area (Å²) >= 11 is 0. The van der Waals surface area contributed by atoms with Gasteiger partial charge >= 0.3 is 0 Å². The molecule has 0 N–H and O–H groups in total. The standard InChI is InChI=1S/C24H23F5/c1-2-3-4-13-5-6-16-18(8-7-17-19(16)11-15(25)12-20(17)26)23(13)14-9-21(27)24(29)22(28)10-14/h3-4,9-13,16,18,23H,2,5-8H2,1H3/t13-,16-,18+,23-/m1/s1. The van der Waals surface area contributed by atoms with Crippen molar-refractivity contribution in [2.24, 2.45) is 11.8 Å². The lowest BCUT2D eigenvalue weighted by atomic mass is 9.58. The molecule has 1 saturated carbocycles. The third kappa shape index (κ3) is 3.60. The number of halogens is 5. The number of hydrogen-bond acceptors (Lipinski definition) is 0. The topological polar surface area (TPSA) is 0 Å². The van der Waals surface area contributed by atoms with E-state index in [2.05, 4.69) is 6.08 Å². The van der Waals surface area contributed by atoms with Gasteiger partial charge in [-0.2, -0.15) is 0 Å². The van der Waals surface area contributed by atoms with Gasteiger partial charge in [-0.05, 0) is 90.7 Å². The Morgan fingerprint density at radius 1 is 0.897 bits per heavy atom. The Balaban J connectivity index is 1.80. The highest BCUT2D eigenvalue weighted by atomic mass is 19.2. The first-order valence-electron chi connectivity index (χ1n) is 10.2. The van der Waals surface area contributed by atoms with Crippen LogP contribution in [0.15, 0.2) is 36.4 Å². The fourth-order valence-corrected chi connectivity index (χ4v) is 5.42. The van der Waals surface area contributed by atoms with E-state index in [1.54, 1.807) is 0 Å². The van der Waals surface area contributed by atoms with Crippen LogP contribution in [-0.4, -0.2) is 0 Å². The second-order valence-corrected chi connectivity index (χ2v) is 8.17. The number of allylic oxidation sites excluding steroid dienone is 2. The molecule has 0 amide bonds. The van der Waals surface area contributed by atoms with Gasteiger partial charge in [-0.25, -0.2) is 22.0 Å². The van der Waals surface area contributed by atoms with Gasteiger partial charge in [0.1, 0.15) is 11.6 Å². The molecule has 4 atom stereocenters. The van der Waals surface area contributed by atoms with Crippen LogP contribution in [-0.2, 0) is 6.42 Å². The second kappa shape index (κ2) is 7.92. The van der Waals surface area contributed by atoms with Gasteiger partial charge in [0, 0.05) is 6.07 Å². The van der Waals surface area contributed by atoms with E-state index in [1.807, 2.05) is 13.0 Å². The normalized spacial score (nSPS) is 26.4. The lowest BCUT2D eigenvalue weighted by Crippen LogP contribution is -2.35. The average Bonchev–Trinajstić information content (AvgIpc) is 2.69. The van der Waals surface area contributed by atoms with Gasteiger partial charge in [-0.15, -0.1) is 0 Å². The molecule has 0 spiro atoms. The van der Waals surface area contributed by atoms with Crippen molar-refractivity contribution in [1.82, 2.24) is 0 Å². The van der Waals surface area contributed by atoms with Crippen LogP contribution < -0.4 is 0 Å². The van der Waals surface area contributed by atoms with Gasteiger partial charge in [0.2, 0.25) is 0 Å². The molecule has 4 rings (SSSR count). The molecule has 5 heteroatoms. The van der Waals surface area contributed by atoms with Crippen LogP contribution in [0.25, 0.3) is 0 Å². The maximum Gasteiger partial charge on any atom is 0.194 e. The maximum absolute atomic E-state index is 14.3. The first kappa shape index (κ1) is 20.1. The van der Waals surface area contributed by atoms with Crippen molar-refractivity contribution in [3.63, 3.8) is 0 Å². The number of fused-ring (bicyclic) bond motifs is 3. The van der Waals surface area contributed by atoms with Gasteiger partial charge in [-0.1, -0.05) is 19.1 Å². The van der Waals surface area contributed by atoms with E-state index < -0.39 is 29.1 Å². The zero-order chi connectivity index (χ0) is 20.7. The molecule has 0 heterocycles.